The van der Waals surface area contributed by atoms with Gasteiger partial charge in [-0.25, -0.2) is 9.78 Å². The number of rotatable bonds is 6. The molecule has 0 radical (unpaired) electrons. The number of anilines is 2. The summed E-state index contributed by atoms with van der Waals surface area (Å²) in [5.74, 6) is 1.36. The number of hydrogen-bond donors (Lipinski definition) is 2. The molecule has 0 unspecified atom stereocenters. The minimum absolute atomic E-state index is 0.354. The smallest absolute Gasteiger partial charge is 0.325 e. The summed E-state index contributed by atoms with van der Waals surface area (Å²) < 4.78 is 11.5. The van der Waals surface area contributed by atoms with Crippen LogP contribution in [-0.2, 0) is 4.74 Å². The standard InChI is InChI=1S/C19H19N3O3S/c1-4-25-12(2)13-5-7-14(8-6-13)20-18(23)22-19-21-16-10-9-15(24-3)11-17(16)26-19/h5-11H,2,4H2,1,3H3,(H2,20,21,22,23). The van der Waals surface area contributed by atoms with E-state index in [4.69, 9.17) is 9.47 Å². The zero-order chi connectivity index (χ0) is 18.5. The molecular formula is C19H19N3O3S. The van der Waals surface area contributed by atoms with Gasteiger partial charge in [-0.1, -0.05) is 17.9 Å². The van der Waals surface area contributed by atoms with Gasteiger partial charge in [0, 0.05) is 11.3 Å². The van der Waals surface area contributed by atoms with Crippen LogP contribution in [0, 0.1) is 0 Å². The highest BCUT2D eigenvalue weighted by molar-refractivity contribution is 7.22. The topological polar surface area (TPSA) is 72.5 Å². The Bertz CT molecular complexity index is 935. The Labute approximate surface area is 155 Å². The quantitative estimate of drug-likeness (QED) is 0.603. The second-order valence-electron chi connectivity index (χ2n) is 5.37. The van der Waals surface area contributed by atoms with Crippen molar-refractivity contribution >= 4 is 44.2 Å². The Morgan fingerprint density at radius 1 is 1.19 bits per heavy atom. The molecule has 6 nitrogen and oxygen atoms in total. The molecule has 2 aromatic carbocycles. The fourth-order valence-electron chi connectivity index (χ4n) is 2.34. The normalized spacial score (nSPS) is 10.4. The number of fused-ring (bicyclic) bond motifs is 1. The molecule has 1 heterocycles. The Morgan fingerprint density at radius 2 is 1.96 bits per heavy atom. The third-order valence-electron chi connectivity index (χ3n) is 3.60. The minimum Gasteiger partial charge on any atom is -0.497 e. The van der Waals surface area contributed by atoms with Crippen molar-refractivity contribution in [3.05, 3.63) is 54.6 Å². The zero-order valence-electron chi connectivity index (χ0n) is 14.5. The number of ether oxygens (including phenoxy) is 2. The van der Waals surface area contributed by atoms with E-state index < -0.39 is 0 Å². The molecular weight excluding hydrogens is 350 g/mol. The lowest BCUT2D eigenvalue weighted by atomic mass is 10.2. The van der Waals surface area contributed by atoms with E-state index in [2.05, 4.69) is 22.2 Å². The Hall–Kier alpha value is -3.06. The van der Waals surface area contributed by atoms with Crippen LogP contribution in [0.1, 0.15) is 12.5 Å². The first-order valence-electron chi connectivity index (χ1n) is 8.03. The van der Waals surface area contributed by atoms with Gasteiger partial charge in [-0.05, 0) is 49.4 Å². The number of benzene rings is 2. The second kappa shape index (κ2) is 7.88. The fourth-order valence-corrected chi connectivity index (χ4v) is 3.23. The number of hydrogen-bond acceptors (Lipinski definition) is 5. The summed E-state index contributed by atoms with van der Waals surface area (Å²) in [4.78, 5) is 16.6. The summed E-state index contributed by atoms with van der Waals surface area (Å²) in [5, 5.41) is 6.05. The van der Waals surface area contributed by atoms with Crippen LogP contribution in [0.15, 0.2) is 49.0 Å². The molecule has 0 spiro atoms. The van der Waals surface area contributed by atoms with Crippen molar-refractivity contribution in [3.63, 3.8) is 0 Å². The van der Waals surface area contributed by atoms with Gasteiger partial charge in [-0.3, -0.25) is 5.32 Å². The number of amides is 2. The van der Waals surface area contributed by atoms with Crippen LogP contribution in [0.2, 0.25) is 0 Å². The molecule has 2 N–H and O–H groups in total. The van der Waals surface area contributed by atoms with Gasteiger partial charge in [0.15, 0.2) is 5.13 Å². The third-order valence-corrected chi connectivity index (χ3v) is 4.53. The molecule has 26 heavy (non-hydrogen) atoms. The zero-order valence-corrected chi connectivity index (χ0v) is 15.4. The number of carbonyl (C=O) groups is 1. The SMILES string of the molecule is C=C(OCC)c1ccc(NC(=O)Nc2nc3ccc(OC)cc3s2)cc1. The first-order chi connectivity index (χ1) is 12.6. The average molecular weight is 369 g/mol. The molecule has 2 amide bonds. The molecule has 134 valence electrons. The summed E-state index contributed by atoms with van der Waals surface area (Å²) in [6.07, 6.45) is 0. The summed E-state index contributed by atoms with van der Waals surface area (Å²) in [6.45, 7) is 6.33. The van der Waals surface area contributed by atoms with E-state index in [-0.39, 0.29) is 6.03 Å². The van der Waals surface area contributed by atoms with Crippen molar-refractivity contribution in [3.8, 4) is 5.75 Å². The van der Waals surface area contributed by atoms with Gasteiger partial charge in [0.1, 0.15) is 11.5 Å². The molecule has 0 aliphatic heterocycles. The molecule has 1 aromatic heterocycles. The Balaban J connectivity index is 1.64. The molecule has 3 rings (SSSR count). The number of nitrogens with one attached hydrogen (secondary N) is 2. The predicted molar refractivity (Wildman–Crippen MR) is 106 cm³/mol. The summed E-state index contributed by atoms with van der Waals surface area (Å²) in [6, 6.07) is 12.5. The van der Waals surface area contributed by atoms with Crippen LogP contribution in [0.25, 0.3) is 16.0 Å². The van der Waals surface area contributed by atoms with E-state index in [1.54, 1.807) is 19.2 Å². The number of thiazole rings is 1. The van der Waals surface area contributed by atoms with Crippen molar-refractivity contribution in [2.45, 2.75) is 6.92 Å². The van der Waals surface area contributed by atoms with Crippen molar-refractivity contribution in [1.82, 2.24) is 4.98 Å². The Morgan fingerprint density at radius 3 is 2.65 bits per heavy atom. The first-order valence-corrected chi connectivity index (χ1v) is 8.85. The summed E-state index contributed by atoms with van der Waals surface area (Å²) in [7, 11) is 1.61. The van der Waals surface area contributed by atoms with E-state index >= 15 is 0 Å². The van der Waals surface area contributed by atoms with E-state index in [9.17, 15) is 4.79 Å². The fraction of sp³-hybridized carbons (Fsp3) is 0.158. The lowest BCUT2D eigenvalue weighted by Crippen LogP contribution is -2.19. The maximum Gasteiger partial charge on any atom is 0.325 e. The molecule has 0 atom stereocenters. The highest BCUT2D eigenvalue weighted by Crippen LogP contribution is 2.29. The monoisotopic (exact) mass is 369 g/mol. The minimum atomic E-state index is -0.354. The molecule has 3 aromatic rings. The van der Waals surface area contributed by atoms with E-state index in [1.807, 2.05) is 37.3 Å². The van der Waals surface area contributed by atoms with Gasteiger partial charge in [-0.2, -0.15) is 0 Å². The number of nitrogens with zero attached hydrogens (tertiary/aromatic N) is 1. The van der Waals surface area contributed by atoms with Crippen LogP contribution in [0.4, 0.5) is 15.6 Å². The van der Waals surface area contributed by atoms with Gasteiger partial charge in [0.25, 0.3) is 0 Å². The van der Waals surface area contributed by atoms with Crippen LogP contribution in [0.5, 0.6) is 5.75 Å². The molecule has 0 bridgehead atoms. The largest absolute Gasteiger partial charge is 0.497 e. The van der Waals surface area contributed by atoms with Gasteiger partial charge in [0.05, 0.1) is 23.9 Å². The maximum absolute atomic E-state index is 12.2. The summed E-state index contributed by atoms with van der Waals surface area (Å²) in [5.41, 5.74) is 2.35. The highest BCUT2D eigenvalue weighted by atomic mass is 32.1. The van der Waals surface area contributed by atoms with Gasteiger partial charge in [-0.15, -0.1) is 0 Å². The molecule has 0 saturated heterocycles. The van der Waals surface area contributed by atoms with Crippen molar-refractivity contribution in [2.24, 2.45) is 0 Å². The maximum atomic E-state index is 12.2. The lowest BCUT2D eigenvalue weighted by molar-refractivity contribution is 0.262. The molecule has 0 saturated carbocycles. The predicted octanol–water partition coefficient (Wildman–Crippen LogP) is 4.96. The molecule has 0 aliphatic rings. The molecule has 7 heteroatoms. The number of methoxy groups -OCH3 is 1. The van der Waals surface area contributed by atoms with Gasteiger partial charge in [0.2, 0.25) is 0 Å². The van der Waals surface area contributed by atoms with Crippen molar-refractivity contribution < 1.29 is 14.3 Å². The number of aromatic nitrogens is 1. The van der Waals surface area contributed by atoms with Gasteiger partial charge >= 0.3 is 6.03 Å². The third kappa shape index (κ3) is 4.12. The average Bonchev–Trinajstić information content (AvgIpc) is 3.03. The molecule has 0 fully saturated rings. The number of urea groups is 1. The van der Waals surface area contributed by atoms with Crippen LogP contribution in [0.3, 0.4) is 0 Å². The van der Waals surface area contributed by atoms with Crippen LogP contribution >= 0.6 is 11.3 Å². The first kappa shape index (κ1) is 17.8. The second-order valence-corrected chi connectivity index (χ2v) is 6.40. The van der Waals surface area contributed by atoms with E-state index in [1.165, 1.54) is 11.3 Å². The summed E-state index contributed by atoms with van der Waals surface area (Å²) >= 11 is 1.39. The van der Waals surface area contributed by atoms with Crippen LogP contribution in [-0.4, -0.2) is 24.7 Å². The van der Waals surface area contributed by atoms with Gasteiger partial charge < -0.3 is 14.8 Å². The van der Waals surface area contributed by atoms with E-state index in [0.29, 0.717) is 23.2 Å². The highest BCUT2D eigenvalue weighted by Gasteiger charge is 2.09. The molecule has 0 aliphatic carbocycles. The van der Waals surface area contributed by atoms with Crippen LogP contribution < -0.4 is 15.4 Å². The van der Waals surface area contributed by atoms with E-state index in [0.717, 1.165) is 21.5 Å². The Kier molecular flexibility index (Phi) is 5.38. The van der Waals surface area contributed by atoms with Crippen molar-refractivity contribution in [2.75, 3.05) is 24.4 Å². The lowest BCUT2D eigenvalue weighted by Gasteiger charge is -2.09. The number of carbonyl (C=O) groups excluding carboxylic acids is 1. The van der Waals surface area contributed by atoms with Crippen molar-refractivity contribution in [1.29, 1.82) is 0 Å².